The van der Waals surface area contributed by atoms with Crippen LogP contribution in [0, 0.1) is 6.92 Å². The van der Waals surface area contributed by atoms with E-state index in [0.29, 0.717) is 0 Å². The molecule has 0 bridgehead atoms. The van der Waals surface area contributed by atoms with Gasteiger partial charge in [-0.2, -0.15) is 0 Å². The highest BCUT2D eigenvalue weighted by Gasteiger charge is 2.37. The molecule has 1 saturated carbocycles. The van der Waals surface area contributed by atoms with Crippen molar-refractivity contribution in [2.75, 3.05) is 0 Å². The number of nitrogens with two attached hydrogens (primary N) is 1. The number of aromatic nitrogens is 1. The van der Waals surface area contributed by atoms with Crippen LogP contribution in [0.1, 0.15) is 30.7 Å². The van der Waals surface area contributed by atoms with Crippen LogP contribution in [0.25, 0.3) is 0 Å². The number of rotatable bonds is 3. The molecule has 0 aromatic carbocycles. The summed E-state index contributed by atoms with van der Waals surface area (Å²) < 4.78 is 5.08. The maximum Gasteiger partial charge on any atom is 0.137 e. The van der Waals surface area contributed by atoms with Gasteiger partial charge in [-0.05, 0) is 26.2 Å². The molecule has 0 aliphatic heterocycles. The molecule has 0 amide bonds. The van der Waals surface area contributed by atoms with E-state index in [9.17, 15) is 0 Å². The fourth-order valence-electron chi connectivity index (χ4n) is 1.32. The molecule has 1 aromatic rings. The van der Waals surface area contributed by atoms with Crippen LogP contribution in [0.2, 0.25) is 0 Å². The first-order valence-corrected chi connectivity index (χ1v) is 4.39. The van der Waals surface area contributed by atoms with Crippen LogP contribution >= 0.6 is 0 Å². The van der Waals surface area contributed by atoms with Crippen LogP contribution in [0.5, 0.6) is 0 Å². The van der Waals surface area contributed by atoms with Gasteiger partial charge in [-0.1, -0.05) is 5.16 Å². The van der Waals surface area contributed by atoms with Crippen molar-refractivity contribution in [3.05, 3.63) is 17.5 Å². The Hall–Kier alpha value is -0.830. The summed E-state index contributed by atoms with van der Waals surface area (Å²) in [6.45, 7) is 1.93. The molecule has 1 aliphatic rings. The van der Waals surface area contributed by atoms with Gasteiger partial charge in [-0.3, -0.25) is 0 Å². The maximum absolute atomic E-state index is 5.94. The Morgan fingerprint density at radius 2 is 2.42 bits per heavy atom. The molecule has 12 heavy (non-hydrogen) atoms. The topological polar surface area (TPSA) is 52.0 Å². The van der Waals surface area contributed by atoms with Crippen molar-refractivity contribution in [3.8, 4) is 0 Å². The van der Waals surface area contributed by atoms with Crippen LogP contribution in [-0.2, 0) is 6.42 Å². The molecule has 1 heterocycles. The van der Waals surface area contributed by atoms with Gasteiger partial charge in [0.1, 0.15) is 5.76 Å². The molecule has 0 atom stereocenters. The third-order valence-corrected chi connectivity index (χ3v) is 2.44. The van der Waals surface area contributed by atoms with Gasteiger partial charge in [0.2, 0.25) is 0 Å². The largest absolute Gasteiger partial charge is 0.361 e. The lowest BCUT2D eigenvalue weighted by atomic mass is 10.1. The molecule has 0 radical (unpaired) electrons. The third kappa shape index (κ3) is 1.67. The second-order valence-corrected chi connectivity index (χ2v) is 3.80. The highest BCUT2D eigenvalue weighted by atomic mass is 16.5. The fraction of sp³-hybridized carbons (Fsp3) is 0.667. The van der Waals surface area contributed by atoms with E-state index in [1.165, 1.54) is 12.8 Å². The van der Waals surface area contributed by atoms with Gasteiger partial charge in [0.05, 0.1) is 5.69 Å². The first-order chi connectivity index (χ1) is 5.68. The summed E-state index contributed by atoms with van der Waals surface area (Å²) in [6, 6.07) is 1.98. The Morgan fingerprint density at radius 1 is 1.67 bits per heavy atom. The third-order valence-electron chi connectivity index (χ3n) is 2.44. The number of aryl methyl sites for hydroxylation is 2. The van der Waals surface area contributed by atoms with E-state index in [-0.39, 0.29) is 5.54 Å². The summed E-state index contributed by atoms with van der Waals surface area (Å²) in [5, 5.41) is 3.82. The minimum Gasteiger partial charge on any atom is -0.361 e. The zero-order chi connectivity index (χ0) is 8.60. The van der Waals surface area contributed by atoms with Crippen molar-refractivity contribution < 1.29 is 4.52 Å². The molecular formula is C9H14N2O. The molecule has 3 nitrogen and oxygen atoms in total. The van der Waals surface area contributed by atoms with Crippen molar-refractivity contribution in [1.82, 2.24) is 5.16 Å². The normalized spacial score (nSPS) is 19.5. The summed E-state index contributed by atoms with van der Waals surface area (Å²) in [6.07, 6.45) is 4.29. The van der Waals surface area contributed by atoms with Crippen LogP contribution < -0.4 is 5.73 Å². The summed E-state index contributed by atoms with van der Waals surface area (Å²) in [5.74, 6) is 0.962. The van der Waals surface area contributed by atoms with Gasteiger partial charge < -0.3 is 10.3 Å². The van der Waals surface area contributed by atoms with Crippen LogP contribution in [0.15, 0.2) is 10.6 Å². The highest BCUT2D eigenvalue weighted by molar-refractivity contribution is 5.06. The average Bonchev–Trinajstić information content (AvgIpc) is 2.60. The molecule has 1 fully saturated rings. The number of hydrogen-bond donors (Lipinski definition) is 1. The first kappa shape index (κ1) is 7.80. The van der Waals surface area contributed by atoms with Crippen molar-refractivity contribution in [1.29, 1.82) is 0 Å². The molecule has 2 rings (SSSR count). The second-order valence-electron chi connectivity index (χ2n) is 3.80. The van der Waals surface area contributed by atoms with Gasteiger partial charge in [-0.25, -0.2) is 0 Å². The van der Waals surface area contributed by atoms with Gasteiger partial charge in [0.25, 0.3) is 0 Å². The minimum absolute atomic E-state index is 0.126. The molecule has 0 spiro atoms. The van der Waals surface area contributed by atoms with Crippen LogP contribution in [0.3, 0.4) is 0 Å². The Kier molecular flexibility index (Phi) is 1.68. The molecular weight excluding hydrogens is 152 g/mol. The Labute approximate surface area is 71.9 Å². The van der Waals surface area contributed by atoms with Crippen molar-refractivity contribution in [3.63, 3.8) is 0 Å². The number of nitrogens with zero attached hydrogens (tertiary/aromatic N) is 1. The van der Waals surface area contributed by atoms with Gasteiger partial charge in [0.15, 0.2) is 0 Å². The standard InChI is InChI=1S/C9H14N2O/c1-7-6-8(12-11-7)2-3-9(10)4-5-9/h6H,2-5,10H2,1H3. The van der Waals surface area contributed by atoms with Crippen LogP contribution in [-0.4, -0.2) is 10.7 Å². The summed E-state index contributed by atoms with van der Waals surface area (Å²) in [5.41, 5.74) is 7.02. The average molecular weight is 166 g/mol. The lowest BCUT2D eigenvalue weighted by molar-refractivity contribution is 0.371. The Bertz CT molecular complexity index is 276. The van der Waals surface area contributed by atoms with E-state index in [2.05, 4.69) is 5.16 Å². The van der Waals surface area contributed by atoms with E-state index in [1.54, 1.807) is 0 Å². The number of hydrogen-bond acceptors (Lipinski definition) is 3. The van der Waals surface area contributed by atoms with Crippen LogP contribution in [0.4, 0.5) is 0 Å². The molecule has 3 heteroatoms. The highest BCUT2D eigenvalue weighted by Crippen LogP contribution is 2.36. The Morgan fingerprint density at radius 3 is 2.92 bits per heavy atom. The molecule has 1 aromatic heterocycles. The van der Waals surface area contributed by atoms with E-state index in [1.807, 2.05) is 13.0 Å². The van der Waals surface area contributed by atoms with Gasteiger partial charge in [-0.15, -0.1) is 0 Å². The quantitative estimate of drug-likeness (QED) is 0.738. The molecule has 2 N–H and O–H groups in total. The van der Waals surface area contributed by atoms with E-state index in [4.69, 9.17) is 10.3 Å². The molecule has 66 valence electrons. The molecule has 1 aliphatic carbocycles. The minimum atomic E-state index is 0.126. The summed E-state index contributed by atoms with van der Waals surface area (Å²) in [7, 11) is 0. The lowest BCUT2D eigenvalue weighted by Gasteiger charge is -2.04. The smallest absolute Gasteiger partial charge is 0.137 e. The maximum atomic E-state index is 5.94. The van der Waals surface area contributed by atoms with Gasteiger partial charge >= 0.3 is 0 Å². The molecule has 0 unspecified atom stereocenters. The van der Waals surface area contributed by atoms with Crippen molar-refractivity contribution >= 4 is 0 Å². The second kappa shape index (κ2) is 2.59. The molecule has 0 saturated heterocycles. The fourth-order valence-corrected chi connectivity index (χ4v) is 1.32. The van der Waals surface area contributed by atoms with Gasteiger partial charge in [0, 0.05) is 18.0 Å². The first-order valence-electron chi connectivity index (χ1n) is 4.39. The van der Waals surface area contributed by atoms with E-state index >= 15 is 0 Å². The zero-order valence-corrected chi connectivity index (χ0v) is 7.34. The monoisotopic (exact) mass is 166 g/mol. The Balaban J connectivity index is 1.87. The summed E-state index contributed by atoms with van der Waals surface area (Å²) in [4.78, 5) is 0. The lowest BCUT2D eigenvalue weighted by Crippen LogP contribution is -2.21. The predicted molar refractivity (Wildman–Crippen MR) is 45.7 cm³/mol. The zero-order valence-electron chi connectivity index (χ0n) is 7.34. The van der Waals surface area contributed by atoms with Crippen molar-refractivity contribution in [2.45, 2.75) is 38.1 Å². The van der Waals surface area contributed by atoms with E-state index < -0.39 is 0 Å². The SMILES string of the molecule is Cc1cc(CCC2(N)CC2)on1. The predicted octanol–water partition coefficient (Wildman–Crippen LogP) is 1.41. The summed E-state index contributed by atoms with van der Waals surface area (Å²) >= 11 is 0. The van der Waals surface area contributed by atoms with E-state index in [0.717, 1.165) is 24.3 Å². The van der Waals surface area contributed by atoms with Crippen molar-refractivity contribution in [2.24, 2.45) is 5.73 Å².